The largest absolute Gasteiger partial charge is 0.482 e. The number of carbonyl (C=O) groups excluding carboxylic acids is 1. The van der Waals surface area contributed by atoms with E-state index in [0.29, 0.717) is 17.0 Å². The molecular formula is C16H14BrNO3. The number of aliphatic hydroxyl groups excluding tert-OH is 1. The average Bonchev–Trinajstić information content (AvgIpc) is 2.48. The molecule has 1 atom stereocenters. The summed E-state index contributed by atoms with van der Waals surface area (Å²) in [5.41, 5.74) is 3.16. The van der Waals surface area contributed by atoms with E-state index in [1.807, 2.05) is 25.1 Å². The molecule has 1 amide bonds. The van der Waals surface area contributed by atoms with Crippen LogP contribution in [0.5, 0.6) is 5.75 Å². The average molecular weight is 348 g/mol. The van der Waals surface area contributed by atoms with Gasteiger partial charge in [-0.25, -0.2) is 0 Å². The number of ether oxygens (including phenoxy) is 1. The van der Waals surface area contributed by atoms with Gasteiger partial charge < -0.3 is 15.2 Å². The minimum absolute atomic E-state index is 0.0286. The number of nitrogens with one attached hydrogen (secondary N) is 1. The molecular weight excluding hydrogens is 334 g/mol. The number of fused-ring (bicyclic) bond motifs is 1. The molecule has 0 fully saturated rings. The predicted molar refractivity (Wildman–Crippen MR) is 83.5 cm³/mol. The SMILES string of the molecule is Cc1cc(C(O)c2ccc3c(c2)NC(=O)CO3)ccc1Br. The number of benzene rings is 2. The van der Waals surface area contributed by atoms with Gasteiger partial charge in [-0.1, -0.05) is 34.1 Å². The van der Waals surface area contributed by atoms with Crippen LogP contribution in [-0.2, 0) is 4.79 Å². The van der Waals surface area contributed by atoms with Gasteiger partial charge in [0.25, 0.3) is 5.91 Å². The van der Waals surface area contributed by atoms with E-state index in [9.17, 15) is 9.90 Å². The van der Waals surface area contributed by atoms with Crippen LogP contribution in [0.2, 0.25) is 0 Å². The molecule has 0 radical (unpaired) electrons. The number of carbonyl (C=O) groups is 1. The highest BCUT2D eigenvalue weighted by atomic mass is 79.9. The monoisotopic (exact) mass is 347 g/mol. The van der Waals surface area contributed by atoms with Crippen LogP contribution >= 0.6 is 15.9 Å². The number of halogens is 1. The first-order valence-electron chi connectivity index (χ1n) is 6.55. The van der Waals surface area contributed by atoms with Gasteiger partial charge in [-0.05, 0) is 41.8 Å². The number of hydrogen-bond acceptors (Lipinski definition) is 3. The minimum atomic E-state index is -0.749. The van der Waals surface area contributed by atoms with Crippen molar-refractivity contribution in [2.45, 2.75) is 13.0 Å². The molecule has 2 aromatic carbocycles. The van der Waals surface area contributed by atoms with Crippen molar-refractivity contribution in [2.75, 3.05) is 11.9 Å². The van der Waals surface area contributed by atoms with Gasteiger partial charge in [0.2, 0.25) is 0 Å². The van der Waals surface area contributed by atoms with E-state index in [1.54, 1.807) is 18.2 Å². The van der Waals surface area contributed by atoms with Crippen molar-refractivity contribution in [3.8, 4) is 5.75 Å². The summed E-state index contributed by atoms with van der Waals surface area (Å²) in [6.45, 7) is 2.00. The lowest BCUT2D eigenvalue weighted by molar-refractivity contribution is -0.118. The van der Waals surface area contributed by atoms with Crippen LogP contribution in [0.15, 0.2) is 40.9 Å². The Morgan fingerprint density at radius 1 is 1.24 bits per heavy atom. The second-order valence-corrected chi connectivity index (χ2v) is 5.86. The van der Waals surface area contributed by atoms with Gasteiger partial charge in [-0.15, -0.1) is 0 Å². The van der Waals surface area contributed by atoms with Gasteiger partial charge in [-0.3, -0.25) is 4.79 Å². The van der Waals surface area contributed by atoms with Gasteiger partial charge in [0.1, 0.15) is 11.9 Å². The predicted octanol–water partition coefficient (Wildman–Crippen LogP) is 3.17. The number of aliphatic hydroxyl groups is 1. The number of hydrogen-bond donors (Lipinski definition) is 2. The van der Waals surface area contributed by atoms with Crippen LogP contribution in [0.1, 0.15) is 22.8 Å². The van der Waals surface area contributed by atoms with Crippen molar-refractivity contribution in [1.29, 1.82) is 0 Å². The zero-order valence-corrected chi connectivity index (χ0v) is 13.0. The minimum Gasteiger partial charge on any atom is -0.482 e. The first-order chi connectivity index (χ1) is 10.0. The number of aryl methyl sites for hydroxylation is 1. The summed E-state index contributed by atoms with van der Waals surface area (Å²) in [6.07, 6.45) is -0.749. The van der Waals surface area contributed by atoms with Gasteiger partial charge in [0, 0.05) is 4.47 Å². The van der Waals surface area contributed by atoms with Crippen LogP contribution in [0, 0.1) is 6.92 Å². The van der Waals surface area contributed by atoms with Crippen molar-refractivity contribution in [2.24, 2.45) is 0 Å². The summed E-state index contributed by atoms with van der Waals surface area (Å²) >= 11 is 3.44. The maximum atomic E-state index is 11.4. The second-order valence-electron chi connectivity index (χ2n) is 5.00. The topological polar surface area (TPSA) is 58.6 Å². The summed E-state index contributed by atoms with van der Waals surface area (Å²) in [7, 11) is 0. The molecule has 0 aliphatic carbocycles. The van der Waals surface area contributed by atoms with Crippen LogP contribution in [0.25, 0.3) is 0 Å². The molecule has 0 bridgehead atoms. The van der Waals surface area contributed by atoms with E-state index in [-0.39, 0.29) is 12.5 Å². The van der Waals surface area contributed by atoms with Crippen LogP contribution < -0.4 is 10.1 Å². The fourth-order valence-corrected chi connectivity index (χ4v) is 2.55. The molecule has 1 aliphatic rings. The number of anilines is 1. The van der Waals surface area contributed by atoms with Gasteiger partial charge in [-0.2, -0.15) is 0 Å². The first kappa shape index (κ1) is 14.1. The lowest BCUT2D eigenvalue weighted by Gasteiger charge is -2.20. The normalized spacial score (nSPS) is 14.9. The molecule has 2 N–H and O–H groups in total. The standard InChI is InChI=1S/C16H14BrNO3/c1-9-6-10(2-4-12(9)17)16(20)11-3-5-14-13(7-11)18-15(19)8-21-14/h2-7,16,20H,8H2,1H3,(H,18,19). The molecule has 1 unspecified atom stereocenters. The third-order valence-electron chi connectivity index (χ3n) is 3.45. The zero-order valence-electron chi connectivity index (χ0n) is 11.4. The quantitative estimate of drug-likeness (QED) is 0.877. The fraction of sp³-hybridized carbons (Fsp3) is 0.188. The van der Waals surface area contributed by atoms with Crippen LogP contribution in [-0.4, -0.2) is 17.6 Å². The molecule has 108 valence electrons. The third kappa shape index (κ3) is 2.80. The summed E-state index contributed by atoms with van der Waals surface area (Å²) in [4.78, 5) is 11.4. The maximum absolute atomic E-state index is 11.4. The van der Waals surface area contributed by atoms with E-state index in [0.717, 1.165) is 15.6 Å². The smallest absolute Gasteiger partial charge is 0.262 e. The second kappa shape index (κ2) is 5.50. The van der Waals surface area contributed by atoms with E-state index in [1.165, 1.54) is 0 Å². The summed E-state index contributed by atoms with van der Waals surface area (Å²) < 4.78 is 6.32. The molecule has 5 heteroatoms. The number of rotatable bonds is 2. The van der Waals surface area contributed by atoms with Gasteiger partial charge >= 0.3 is 0 Å². The maximum Gasteiger partial charge on any atom is 0.262 e. The number of amides is 1. The molecule has 0 aromatic heterocycles. The Labute approximate surface area is 130 Å². The summed E-state index contributed by atoms with van der Waals surface area (Å²) in [6, 6.07) is 11.0. The molecule has 4 nitrogen and oxygen atoms in total. The molecule has 1 aliphatic heterocycles. The third-order valence-corrected chi connectivity index (χ3v) is 4.34. The molecule has 21 heavy (non-hydrogen) atoms. The molecule has 1 heterocycles. The van der Waals surface area contributed by atoms with E-state index in [4.69, 9.17) is 4.74 Å². The first-order valence-corrected chi connectivity index (χ1v) is 7.34. The molecule has 3 rings (SSSR count). The Hall–Kier alpha value is -1.85. The Kier molecular flexibility index (Phi) is 3.69. The van der Waals surface area contributed by atoms with Crippen molar-refractivity contribution in [3.63, 3.8) is 0 Å². The Balaban J connectivity index is 1.94. The van der Waals surface area contributed by atoms with Crippen LogP contribution in [0.3, 0.4) is 0 Å². The van der Waals surface area contributed by atoms with Gasteiger partial charge in [0.05, 0.1) is 5.69 Å². The lowest BCUT2D eigenvalue weighted by atomic mass is 9.99. The zero-order chi connectivity index (χ0) is 15.0. The Morgan fingerprint density at radius 2 is 1.95 bits per heavy atom. The summed E-state index contributed by atoms with van der Waals surface area (Å²) in [5, 5.41) is 13.3. The summed E-state index contributed by atoms with van der Waals surface area (Å²) in [5.74, 6) is 0.436. The lowest BCUT2D eigenvalue weighted by Crippen LogP contribution is -2.25. The fourth-order valence-electron chi connectivity index (χ4n) is 2.30. The van der Waals surface area contributed by atoms with Crippen molar-refractivity contribution in [1.82, 2.24) is 0 Å². The Bertz CT molecular complexity index is 715. The highest BCUT2D eigenvalue weighted by molar-refractivity contribution is 9.10. The molecule has 0 saturated carbocycles. The van der Waals surface area contributed by atoms with Gasteiger partial charge in [0.15, 0.2) is 6.61 Å². The molecule has 0 saturated heterocycles. The Morgan fingerprint density at radius 3 is 2.71 bits per heavy atom. The van der Waals surface area contributed by atoms with E-state index >= 15 is 0 Å². The highest BCUT2D eigenvalue weighted by Crippen LogP contribution is 2.33. The van der Waals surface area contributed by atoms with Crippen molar-refractivity contribution >= 4 is 27.5 Å². The van der Waals surface area contributed by atoms with Crippen molar-refractivity contribution < 1.29 is 14.6 Å². The van der Waals surface area contributed by atoms with E-state index < -0.39 is 6.10 Å². The highest BCUT2D eigenvalue weighted by Gasteiger charge is 2.19. The van der Waals surface area contributed by atoms with Crippen LogP contribution in [0.4, 0.5) is 5.69 Å². The molecule has 2 aromatic rings. The van der Waals surface area contributed by atoms with Crippen molar-refractivity contribution in [3.05, 3.63) is 57.6 Å². The van der Waals surface area contributed by atoms with E-state index in [2.05, 4.69) is 21.2 Å². The molecule has 0 spiro atoms.